The van der Waals surface area contributed by atoms with Gasteiger partial charge in [0.2, 0.25) is 0 Å². The monoisotopic (exact) mass is 846 g/mol. The minimum atomic E-state index is 0.326. The highest BCUT2D eigenvalue weighted by atomic mass is 33.1. The Balaban J connectivity index is -0.000000276. The molecule has 4 atom stereocenters. The van der Waals surface area contributed by atoms with Crippen molar-refractivity contribution in [2.45, 2.75) is 196 Å². The van der Waals surface area contributed by atoms with Crippen LogP contribution in [0.3, 0.4) is 0 Å². The molecule has 0 N–H and O–H groups in total. The second-order valence-electron chi connectivity index (χ2n) is 14.1. The van der Waals surface area contributed by atoms with E-state index in [0.717, 1.165) is 5.75 Å². The molecule has 0 aromatic heterocycles. The first-order chi connectivity index (χ1) is 22.7. The molecule has 4 unspecified atom stereocenters. The first kappa shape index (κ1) is 58.3. The van der Waals surface area contributed by atoms with E-state index < -0.39 is 0 Å². The predicted octanol–water partition coefficient (Wildman–Crippen LogP) is 15.6. The Bertz CT molecular complexity index is 654. The lowest BCUT2D eigenvalue weighted by atomic mass is 10.2. The lowest BCUT2D eigenvalue weighted by Gasteiger charge is -2.23. The van der Waals surface area contributed by atoms with Gasteiger partial charge in [-0.25, -0.2) is 0 Å². The van der Waals surface area contributed by atoms with E-state index in [1.165, 1.54) is 12.2 Å². The Hall–Kier alpha value is 2.64. The van der Waals surface area contributed by atoms with E-state index in [1.54, 1.807) is 10.8 Å². The second-order valence-corrected chi connectivity index (χ2v) is 25.0. The summed E-state index contributed by atoms with van der Waals surface area (Å²) in [6, 6.07) is 0. The lowest BCUT2D eigenvalue weighted by molar-refractivity contribution is 0.0368. The zero-order valence-electron chi connectivity index (χ0n) is 35.5. The van der Waals surface area contributed by atoms with Crippen molar-refractivity contribution in [3.63, 3.8) is 0 Å². The average molecular weight is 848 g/mol. The van der Waals surface area contributed by atoms with Crippen molar-refractivity contribution in [2.24, 2.45) is 23.7 Å². The highest BCUT2D eigenvalue weighted by Gasteiger charge is 2.18. The first-order valence-corrected chi connectivity index (χ1v) is 28.0. The van der Waals surface area contributed by atoms with E-state index in [9.17, 15) is 0 Å². The molecule has 0 saturated carbocycles. The van der Waals surface area contributed by atoms with Gasteiger partial charge in [0.05, 0.1) is 24.4 Å². The van der Waals surface area contributed by atoms with E-state index in [-0.39, 0.29) is 0 Å². The standard InChI is InChI=1S/2C10H22OS2.C9H20OS2.C8H18OS2/c1-7(2)10(11-8(3)4)13-12-9(5)6;1-6-7-12-13-10(8(2)3)11-9(4)5;1-6-11-12-9(7(2)3)10-8(4)5;1-6(2)8(11-10-5)9-7(3)4/h7-10H,1-6H3;8-10H,6-7H2,1-5H3;7-9H,6H2,1-5H3;6-8H,1-5H3. The third kappa shape index (κ3) is 44.9. The molecule has 0 aromatic rings. The van der Waals surface area contributed by atoms with Gasteiger partial charge >= 0.3 is 0 Å². The van der Waals surface area contributed by atoms with Crippen LogP contribution < -0.4 is 0 Å². The Morgan fingerprint density at radius 2 is 0.694 bits per heavy atom. The van der Waals surface area contributed by atoms with Gasteiger partial charge in [-0.3, -0.25) is 0 Å². The van der Waals surface area contributed by atoms with Gasteiger partial charge in [0.15, 0.2) is 0 Å². The molecule has 49 heavy (non-hydrogen) atoms. The van der Waals surface area contributed by atoms with Crippen LogP contribution >= 0.6 is 86.4 Å². The summed E-state index contributed by atoms with van der Waals surface area (Å²) in [5.74, 6) is 4.73. The molecule has 0 fully saturated rings. The Morgan fingerprint density at radius 1 is 0.388 bits per heavy atom. The van der Waals surface area contributed by atoms with E-state index in [1.807, 2.05) is 75.6 Å². The number of hydrogen-bond acceptors (Lipinski definition) is 12. The van der Waals surface area contributed by atoms with Crippen LogP contribution in [-0.4, -0.2) is 69.2 Å². The molecule has 0 radical (unpaired) electrons. The van der Waals surface area contributed by atoms with Crippen LogP contribution in [0.25, 0.3) is 0 Å². The summed E-state index contributed by atoms with van der Waals surface area (Å²) in [5.41, 5.74) is 1.35. The highest BCUT2D eigenvalue weighted by Crippen LogP contribution is 2.36. The summed E-state index contributed by atoms with van der Waals surface area (Å²) >= 11 is 0. The Labute approximate surface area is 340 Å². The maximum Gasteiger partial charge on any atom is 0.115 e. The molecular weight excluding hydrogens is 765 g/mol. The zero-order chi connectivity index (χ0) is 39.1. The third-order valence-electron chi connectivity index (χ3n) is 5.07. The van der Waals surface area contributed by atoms with Crippen molar-refractivity contribution in [3.05, 3.63) is 0 Å². The van der Waals surface area contributed by atoms with Gasteiger partial charge in [0.25, 0.3) is 0 Å². The first-order valence-electron chi connectivity index (χ1n) is 18.4. The SMILES string of the molecule is CC(C)OC(SSC(C)C)C(C)C.CCCSSC(OC(C)C)C(C)C.CCSSC(OC(C)C)C(C)C.CSSC(OC(C)C)C(C)C. The molecule has 0 saturated heterocycles. The minimum Gasteiger partial charge on any atom is -0.364 e. The fourth-order valence-electron chi connectivity index (χ4n) is 2.83. The molecule has 0 heterocycles. The van der Waals surface area contributed by atoms with Gasteiger partial charge in [-0.2, -0.15) is 0 Å². The molecule has 0 aromatic carbocycles. The Kier molecular flexibility index (Phi) is 46.3. The summed E-state index contributed by atoms with van der Waals surface area (Å²) in [7, 11) is 14.9. The topological polar surface area (TPSA) is 36.9 Å². The molecule has 0 spiro atoms. The van der Waals surface area contributed by atoms with Gasteiger partial charge < -0.3 is 18.9 Å². The molecule has 0 bridgehead atoms. The molecule has 0 aliphatic heterocycles. The van der Waals surface area contributed by atoms with E-state index in [4.69, 9.17) is 18.9 Å². The molecule has 0 amide bonds. The maximum atomic E-state index is 5.80. The number of rotatable bonds is 24. The average Bonchev–Trinajstić information content (AvgIpc) is 2.96. The van der Waals surface area contributed by atoms with Gasteiger partial charge in [0, 0.05) is 16.8 Å². The normalized spacial score (nSPS) is 14.3. The Morgan fingerprint density at radius 3 is 0.939 bits per heavy atom. The largest absolute Gasteiger partial charge is 0.364 e. The van der Waals surface area contributed by atoms with Crippen LogP contribution in [0.5, 0.6) is 0 Å². The quantitative estimate of drug-likeness (QED) is 0.0527. The molecule has 12 heteroatoms. The third-order valence-corrected chi connectivity index (χ3v) is 16.6. The molecule has 4 nitrogen and oxygen atoms in total. The van der Waals surface area contributed by atoms with Gasteiger partial charge in [0.1, 0.15) is 21.7 Å². The van der Waals surface area contributed by atoms with E-state index in [2.05, 4.69) is 145 Å². The highest BCUT2D eigenvalue weighted by molar-refractivity contribution is 8.77. The van der Waals surface area contributed by atoms with Crippen LogP contribution in [0.15, 0.2) is 0 Å². The van der Waals surface area contributed by atoms with Crippen molar-refractivity contribution in [1.82, 2.24) is 0 Å². The summed E-state index contributed by atoms with van der Waals surface area (Å²) in [6.45, 7) is 43.2. The predicted molar refractivity (Wildman–Crippen MR) is 247 cm³/mol. The molecular formula is C37H82O4S8. The fourth-order valence-corrected chi connectivity index (χ4v) is 12.8. The number of hydrogen-bond donors (Lipinski definition) is 0. The maximum absolute atomic E-state index is 5.80. The van der Waals surface area contributed by atoms with Crippen LogP contribution in [0.2, 0.25) is 0 Å². The summed E-state index contributed by atoms with van der Waals surface area (Å²) in [6.07, 6.45) is 4.66. The van der Waals surface area contributed by atoms with Crippen LogP contribution in [0.4, 0.5) is 0 Å². The van der Waals surface area contributed by atoms with Crippen molar-refractivity contribution in [3.8, 4) is 0 Å². The van der Waals surface area contributed by atoms with Crippen molar-refractivity contribution >= 4 is 86.4 Å². The van der Waals surface area contributed by atoms with Crippen LogP contribution in [0, 0.1) is 23.7 Å². The van der Waals surface area contributed by atoms with Crippen LogP contribution in [-0.2, 0) is 18.9 Å². The van der Waals surface area contributed by atoms with E-state index >= 15 is 0 Å². The summed E-state index contributed by atoms with van der Waals surface area (Å²) < 4.78 is 23.1. The molecule has 302 valence electrons. The van der Waals surface area contributed by atoms with Crippen molar-refractivity contribution < 1.29 is 18.9 Å². The van der Waals surface area contributed by atoms with Crippen molar-refractivity contribution in [2.75, 3.05) is 17.8 Å². The summed E-state index contributed by atoms with van der Waals surface area (Å²) in [5, 5.41) is 0.669. The smallest absolute Gasteiger partial charge is 0.115 e. The van der Waals surface area contributed by atoms with Gasteiger partial charge in [-0.1, -0.05) is 169 Å². The second kappa shape index (κ2) is 38.9. The fraction of sp³-hybridized carbons (Fsp3) is 1.00. The zero-order valence-corrected chi connectivity index (χ0v) is 42.1. The van der Waals surface area contributed by atoms with Crippen molar-refractivity contribution in [1.29, 1.82) is 0 Å². The molecule has 0 aliphatic carbocycles. The minimum absolute atomic E-state index is 0.326. The molecule has 0 aliphatic rings. The molecule has 0 rings (SSSR count). The van der Waals surface area contributed by atoms with Gasteiger partial charge in [-0.15, -0.1) is 0 Å². The number of ether oxygens (including phenoxy) is 4. The van der Waals surface area contributed by atoms with Crippen LogP contribution in [0.1, 0.15) is 145 Å². The van der Waals surface area contributed by atoms with E-state index in [0.29, 0.717) is 75.1 Å². The lowest BCUT2D eigenvalue weighted by Crippen LogP contribution is -2.19. The summed E-state index contributed by atoms with van der Waals surface area (Å²) in [4.78, 5) is 0. The van der Waals surface area contributed by atoms with Gasteiger partial charge in [-0.05, 0) is 91.7 Å².